The molecule has 1 fully saturated rings. The highest BCUT2D eigenvalue weighted by Gasteiger charge is 2.29. The van der Waals surface area contributed by atoms with Crippen LogP contribution in [-0.2, 0) is 11.2 Å². The maximum Gasteiger partial charge on any atom is 0.339 e. The lowest BCUT2D eigenvalue weighted by Gasteiger charge is -2.25. The molecule has 1 aromatic heterocycles. The van der Waals surface area contributed by atoms with E-state index < -0.39 is 0 Å². The van der Waals surface area contributed by atoms with E-state index in [0.717, 1.165) is 29.0 Å². The Hall–Kier alpha value is -3.06. The average molecular weight is 391 g/mol. The molecule has 0 radical (unpaired) electrons. The molecule has 0 bridgehead atoms. The predicted molar refractivity (Wildman–Crippen MR) is 105 cm³/mol. The van der Waals surface area contributed by atoms with Crippen molar-refractivity contribution in [2.75, 3.05) is 5.32 Å². The molecule has 1 N–H and O–H groups in total. The van der Waals surface area contributed by atoms with Crippen molar-refractivity contribution in [2.45, 2.75) is 31.3 Å². The number of anilines is 1. The monoisotopic (exact) mass is 391 g/mol. The van der Waals surface area contributed by atoms with Gasteiger partial charge < -0.3 is 4.74 Å². The van der Waals surface area contributed by atoms with Crippen molar-refractivity contribution in [1.82, 2.24) is 10.2 Å². The van der Waals surface area contributed by atoms with Gasteiger partial charge in [-0.1, -0.05) is 41.7 Å². The van der Waals surface area contributed by atoms with Gasteiger partial charge in [-0.15, -0.1) is 10.2 Å². The number of cyclic esters (lactones) is 1. The van der Waals surface area contributed by atoms with E-state index >= 15 is 0 Å². The quantitative estimate of drug-likeness (QED) is 0.677. The summed E-state index contributed by atoms with van der Waals surface area (Å²) in [4.78, 5) is 25.0. The lowest BCUT2D eigenvalue weighted by Crippen LogP contribution is -2.23. The van der Waals surface area contributed by atoms with Crippen LogP contribution in [0.25, 0.3) is 0 Å². The second-order valence-electron chi connectivity index (χ2n) is 7.05. The Morgan fingerprint density at radius 3 is 2.71 bits per heavy atom. The highest BCUT2D eigenvalue weighted by molar-refractivity contribution is 7.15. The summed E-state index contributed by atoms with van der Waals surface area (Å²) in [5.74, 6) is -0.107. The largest absolute Gasteiger partial charge is 0.454 e. The Morgan fingerprint density at radius 1 is 1.11 bits per heavy atom. The summed E-state index contributed by atoms with van der Waals surface area (Å²) in [5.41, 5.74) is 2.76. The molecular formula is C21H17N3O3S. The number of hydrogen-bond acceptors (Lipinski definition) is 6. The van der Waals surface area contributed by atoms with Crippen LogP contribution in [0.2, 0.25) is 0 Å². The molecule has 0 saturated heterocycles. The zero-order chi connectivity index (χ0) is 19.1. The van der Waals surface area contributed by atoms with Crippen molar-refractivity contribution in [3.05, 3.63) is 75.8 Å². The van der Waals surface area contributed by atoms with Gasteiger partial charge in [0.05, 0.1) is 5.56 Å². The summed E-state index contributed by atoms with van der Waals surface area (Å²) in [6.07, 6.45) is 2.48. The second kappa shape index (κ2) is 6.83. The van der Waals surface area contributed by atoms with Gasteiger partial charge in [-0.05, 0) is 42.2 Å². The molecule has 140 valence electrons. The minimum absolute atomic E-state index is 0.253. The Morgan fingerprint density at radius 2 is 1.93 bits per heavy atom. The zero-order valence-electron chi connectivity index (χ0n) is 14.9. The predicted octanol–water partition coefficient (Wildman–Crippen LogP) is 4.12. The van der Waals surface area contributed by atoms with Crippen molar-refractivity contribution in [3.8, 4) is 0 Å². The Balaban J connectivity index is 1.37. The number of hydrogen-bond donors (Lipinski definition) is 1. The molecule has 1 aliphatic heterocycles. The molecule has 5 rings (SSSR count). The van der Waals surface area contributed by atoms with Gasteiger partial charge in [0.1, 0.15) is 11.1 Å². The first kappa shape index (κ1) is 17.1. The summed E-state index contributed by atoms with van der Waals surface area (Å²) in [6, 6.07) is 14.7. The first-order valence-electron chi connectivity index (χ1n) is 9.21. The van der Waals surface area contributed by atoms with Crippen LogP contribution >= 0.6 is 11.3 Å². The van der Waals surface area contributed by atoms with Gasteiger partial charge in [-0.25, -0.2) is 4.79 Å². The van der Waals surface area contributed by atoms with Crippen molar-refractivity contribution in [3.63, 3.8) is 0 Å². The molecule has 1 saturated carbocycles. The minimum Gasteiger partial charge on any atom is -0.454 e. The van der Waals surface area contributed by atoms with E-state index in [1.165, 1.54) is 11.3 Å². The standard InChI is InChI=1S/C21H17N3O3S/c25-18(22-21-24-23-19(28-21)13-6-7-13)14-8-9-16-15(10-14)11-17(27-20(16)26)12-4-2-1-3-5-12/h1-5,8-10,13,17H,6-7,11H2,(H,22,24,25)/t17-/m0/s1. The van der Waals surface area contributed by atoms with Crippen LogP contribution in [0.5, 0.6) is 0 Å². The molecule has 2 aliphatic rings. The van der Waals surface area contributed by atoms with Crippen LogP contribution in [0.3, 0.4) is 0 Å². The van der Waals surface area contributed by atoms with E-state index in [-0.39, 0.29) is 18.0 Å². The molecule has 2 heterocycles. The highest BCUT2D eigenvalue weighted by Crippen LogP contribution is 2.42. The summed E-state index contributed by atoms with van der Waals surface area (Å²) >= 11 is 1.43. The smallest absolute Gasteiger partial charge is 0.339 e. The van der Waals surface area contributed by atoms with Gasteiger partial charge in [0.2, 0.25) is 5.13 Å². The van der Waals surface area contributed by atoms with Crippen molar-refractivity contribution in [2.24, 2.45) is 0 Å². The Kier molecular flexibility index (Phi) is 4.16. The molecular weight excluding hydrogens is 374 g/mol. The van der Waals surface area contributed by atoms with Gasteiger partial charge in [0, 0.05) is 17.9 Å². The summed E-state index contributed by atoms with van der Waals surface area (Å²) in [5, 5.41) is 12.5. The topological polar surface area (TPSA) is 81.2 Å². The second-order valence-corrected chi connectivity index (χ2v) is 8.06. The van der Waals surface area contributed by atoms with Crippen LogP contribution in [0.4, 0.5) is 5.13 Å². The molecule has 7 heteroatoms. The molecule has 3 aromatic rings. The number of carbonyl (C=O) groups excluding carboxylic acids is 2. The van der Waals surface area contributed by atoms with Crippen molar-refractivity contribution < 1.29 is 14.3 Å². The molecule has 6 nitrogen and oxygen atoms in total. The number of benzene rings is 2. The number of amides is 1. The maximum absolute atomic E-state index is 12.6. The van der Waals surface area contributed by atoms with Crippen LogP contribution in [-0.4, -0.2) is 22.1 Å². The molecule has 0 unspecified atom stereocenters. The van der Waals surface area contributed by atoms with Gasteiger partial charge in [0.25, 0.3) is 5.91 Å². The van der Waals surface area contributed by atoms with E-state index in [9.17, 15) is 9.59 Å². The number of ether oxygens (including phenoxy) is 1. The average Bonchev–Trinajstić information content (AvgIpc) is 3.47. The number of fused-ring (bicyclic) bond motifs is 1. The third kappa shape index (κ3) is 3.29. The number of carbonyl (C=O) groups is 2. The summed E-state index contributed by atoms with van der Waals surface area (Å²) in [7, 11) is 0. The lowest BCUT2D eigenvalue weighted by atomic mass is 9.93. The normalized spacial score (nSPS) is 18.3. The number of nitrogens with zero attached hydrogens (tertiary/aromatic N) is 2. The van der Waals surface area contributed by atoms with E-state index in [2.05, 4.69) is 15.5 Å². The SMILES string of the molecule is O=C(Nc1nnc(C2CC2)s1)c1ccc2c(c1)C[C@@H](c1ccccc1)OC2=O. The molecule has 2 aromatic carbocycles. The molecule has 1 aliphatic carbocycles. The van der Waals surface area contributed by atoms with E-state index in [1.54, 1.807) is 18.2 Å². The Labute approximate surface area is 165 Å². The minimum atomic E-state index is -0.361. The van der Waals surface area contributed by atoms with Gasteiger partial charge >= 0.3 is 5.97 Å². The summed E-state index contributed by atoms with van der Waals surface area (Å²) in [6.45, 7) is 0. The fourth-order valence-corrected chi connectivity index (χ4v) is 4.25. The van der Waals surface area contributed by atoms with Gasteiger partial charge in [-0.2, -0.15) is 0 Å². The molecule has 1 atom stereocenters. The summed E-state index contributed by atoms with van der Waals surface area (Å²) < 4.78 is 5.57. The number of nitrogens with one attached hydrogen (secondary N) is 1. The molecule has 28 heavy (non-hydrogen) atoms. The third-order valence-electron chi connectivity index (χ3n) is 5.00. The first-order valence-corrected chi connectivity index (χ1v) is 10.0. The number of aromatic nitrogens is 2. The van der Waals surface area contributed by atoms with Crippen LogP contribution in [0, 0.1) is 0 Å². The Bertz CT molecular complexity index is 1060. The van der Waals surface area contributed by atoms with Gasteiger partial charge in [-0.3, -0.25) is 10.1 Å². The number of rotatable bonds is 4. The third-order valence-corrected chi connectivity index (χ3v) is 6.00. The first-order chi connectivity index (χ1) is 13.7. The van der Waals surface area contributed by atoms with E-state index in [0.29, 0.717) is 28.6 Å². The molecule has 0 spiro atoms. The van der Waals surface area contributed by atoms with E-state index in [1.807, 2.05) is 30.3 Å². The van der Waals surface area contributed by atoms with E-state index in [4.69, 9.17) is 4.74 Å². The van der Waals surface area contributed by atoms with Crippen LogP contribution in [0.1, 0.15) is 61.7 Å². The fourth-order valence-electron chi connectivity index (χ4n) is 3.34. The van der Waals surface area contributed by atoms with Crippen LogP contribution < -0.4 is 5.32 Å². The fraction of sp³-hybridized carbons (Fsp3) is 0.238. The molecule has 1 amide bonds. The maximum atomic E-state index is 12.6. The number of esters is 1. The zero-order valence-corrected chi connectivity index (χ0v) is 15.7. The highest BCUT2D eigenvalue weighted by atomic mass is 32.1. The van der Waals surface area contributed by atoms with Crippen molar-refractivity contribution in [1.29, 1.82) is 0 Å². The van der Waals surface area contributed by atoms with Crippen molar-refractivity contribution >= 4 is 28.3 Å². The van der Waals surface area contributed by atoms with Crippen LogP contribution in [0.15, 0.2) is 48.5 Å². The lowest BCUT2D eigenvalue weighted by molar-refractivity contribution is 0.0252. The van der Waals surface area contributed by atoms with Gasteiger partial charge in [0.15, 0.2) is 0 Å².